The summed E-state index contributed by atoms with van der Waals surface area (Å²) in [5, 5.41) is 9.94. The number of aromatic amines is 1. The first-order valence-electron chi connectivity index (χ1n) is 9.32. The molecule has 144 valence electrons. The number of nitrogens with zero attached hydrogens (tertiary/aromatic N) is 1. The highest BCUT2D eigenvalue weighted by atomic mass is 16.5. The maximum absolute atomic E-state index is 13.0. The summed E-state index contributed by atoms with van der Waals surface area (Å²) in [6, 6.07) is 9.09. The van der Waals surface area contributed by atoms with Gasteiger partial charge in [0.05, 0.1) is 6.10 Å². The molecule has 0 bridgehead atoms. The number of nitrogens with one attached hydrogen (secondary N) is 1. The van der Waals surface area contributed by atoms with Crippen molar-refractivity contribution in [1.29, 1.82) is 0 Å². The molecule has 2 heterocycles. The fraction of sp³-hybridized carbons (Fsp3) is 0.429. The lowest BCUT2D eigenvalue weighted by Crippen LogP contribution is -2.35. The third-order valence-electron chi connectivity index (χ3n) is 5.09. The first-order chi connectivity index (χ1) is 12.9. The Hall–Kier alpha value is -2.60. The van der Waals surface area contributed by atoms with Gasteiger partial charge in [0.15, 0.2) is 0 Å². The van der Waals surface area contributed by atoms with E-state index in [4.69, 9.17) is 4.74 Å². The van der Waals surface area contributed by atoms with Crippen molar-refractivity contribution in [2.45, 2.75) is 45.8 Å². The Balaban J connectivity index is 1.89. The molecule has 1 aliphatic heterocycles. The molecule has 0 unspecified atom stereocenters. The molecule has 1 amide bonds. The standard InChI is InChI=1S/C21H26N2O4/c1-13-17(15(3)24)14(2)22-18(13)21(26)27-19(16-9-5-4-6-10-16)20(25)23-11-7-8-12-23/h4-6,9-10,15,19,22,24H,7-8,11-12H2,1-3H3/t15-,19+/m1/s1. The first-order valence-corrected chi connectivity index (χ1v) is 9.32. The van der Waals surface area contributed by atoms with E-state index in [0.717, 1.165) is 18.5 Å². The number of esters is 1. The number of benzene rings is 1. The number of rotatable bonds is 5. The number of aliphatic hydroxyl groups excluding tert-OH is 1. The monoisotopic (exact) mass is 370 g/mol. The smallest absolute Gasteiger partial charge is 0.356 e. The predicted octanol–water partition coefficient (Wildman–Crippen LogP) is 3.21. The third kappa shape index (κ3) is 3.90. The second kappa shape index (κ2) is 7.96. The zero-order valence-electron chi connectivity index (χ0n) is 16.0. The van der Waals surface area contributed by atoms with Crippen LogP contribution in [0.2, 0.25) is 0 Å². The van der Waals surface area contributed by atoms with Gasteiger partial charge < -0.3 is 19.7 Å². The van der Waals surface area contributed by atoms with E-state index >= 15 is 0 Å². The van der Waals surface area contributed by atoms with Gasteiger partial charge in [-0.05, 0) is 39.2 Å². The van der Waals surface area contributed by atoms with Crippen LogP contribution in [-0.4, -0.2) is 40.0 Å². The summed E-state index contributed by atoms with van der Waals surface area (Å²) in [6.07, 6.45) is 0.260. The number of aliphatic hydroxyl groups is 1. The zero-order valence-corrected chi connectivity index (χ0v) is 16.0. The van der Waals surface area contributed by atoms with Crippen LogP contribution in [-0.2, 0) is 9.53 Å². The summed E-state index contributed by atoms with van der Waals surface area (Å²) in [5.41, 5.74) is 2.98. The van der Waals surface area contributed by atoms with Crippen LogP contribution in [0.5, 0.6) is 0 Å². The normalized spacial score (nSPS) is 16.2. The minimum Gasteiger partial charge on any atom is -0.443 e. The average molecular weight is 370 g/mol. The van der Waals surface area contributed by atoms with Crippen LogP contribution in [0, 0.1) is 13.8 Å². The molecule has 0 radical (unpaired) electrons. The second-order valence-corrected chi connectivity index (χ2v) is 7.07. The SMILES string of the molecule is Cc1[nH]c(C(=O)O[C@H](C(=O)N2CCCC2)c2ccccc2)c(C)c1[C@@H](C)O. The number of hydrogen-bond acceptors (Lipinski definition) is 4. The van der Waals surface area contributed by atoms with Crippen molar-refractivity contribution in [1.82, 2.24) is 9.88 Å². The van der Waals surface area contributed by atoms with E-state index in [2.05, 4.69) is 4.98 Å². The van der Waals surface area contributed by atoms with Crippen molar-refractivity contribution in [2.24, 2.45) is 0 Å². The number of aryl methyl sites for hydroxylation is 1. The molecule has 6 nitrogen and oxygen atoms in total. The molecule has 0 spiro atoms. The number of amides is 1. The molecular weight excluding hydrogens is 344 g/mol. The van der Waals surface area contributed by atoms with Gasteiger partial charge in [-0.25, -0.2) is 4.79 Å². The molecule has 0 aliphatic carbocycles. The van der Waals surface area contributed by atoms with Gasteiger partial charge in [-0.2, -0.15) is 0 Å². The van der Waals surface area contributed by atoms with Crippen LogP contribution in [0.25, 0.3) is 0 Å². The fourth-order valence-electron chi connectivity index (χ4n) is 3.75. The highest BCUT2D eigenvalue weighted by Gasteiger charge is 2.32. The summed E-state index contributed by atoms with van der Waals surface area (Å²) in [5.74, 6) is -0.785. The van der Waals surface area contributed by atoms with Crippen LogP contribution in [0.3, 0.4) is 0 Å². The quantitative estimate of drug-likeness (QED) is 0.792. The summed E-state index contributed by atoms with van der Waals surface area (Å²) in [7, 11) is 0. The molecule has 6 heteroatoms. The molecule has 1 aliphatic rings. The lowest BCUT2D eigenvalue weighted by Gasteiger charge is -2.23. The Morgan fingerprint density at radius 2 is 1.78 bits per heavy atom. The maximum Gasteiger partial charge on any atom is 0.356 e. The van der Waals surface area contributed by atoms with Crippen LogP contribution in [0.4, 0.5) is 0 Å². The number of hydrogen-bond donors (Lipinski definition) is 2. The highest BCUT2D eigenvalue weighted by Crippen LogP contribution is 2.28. The molecule has 2 aromatic rings. The van der Waals surface area contributed by atoms with E-state index in [1.54, 1.807) is 37.8 Å². The second-order valence-electron chi connectivity index (χ2n) is 7.07. The van der Waals surface area contributed by atoms with Crippen LogP contribution < -0.4 is 0 Å². The first kappa shape index (κ1) is 19.2. The number of likely N-dealkylation sites (tertiary alicyclic amines) is 1. The number of H-pyrrole nitrogens is 1. The summed E-state index contributed by atoms with van der Waals surface area (Å²) < 4.78 is 5.68. The Kier molecular flexibility index (Phi) is 5.65. The Morgan fingerprint density at radius 3 is 2.33 bits per heavy atom. The number of ether oxygens (including phenoxy) is 1. The van der Waals surface area contributed by atoms with E-state index in [0.29, 0.717) is 29.8 Å². The molecule has 1 aromatic carbocycles. The van der Waals surface area contributed by atoms with Gasteiger partial charge >= 0.3 is 5.97 Å². The van der Waals surface area contributed by atoms with Crippen molar-refractivity contribution < 1.29 is 19.4 Å². The average Bonchev–Trinajstić information content (AvgIpc) is 3.27. The van der Waals surface area contributed by atoms with Crippen LogP contribution in [0.15, 0.2) is 30.3 Å². The van der Waals surface area contributed by atoms with Crippen LogP contribution >= 0.6 is 0 Å². The van der Waals surface area contributed by atoms with Gasteiger partial charge in [-0.1, -0.05) is 30.3 Å². The molecular formula is C21H26N2O4. The molecule has 2 atom stereocenters. The van der Waals surface area contributed by atoms with Gasteiger partial charge in [0.2, 0.25) is 6.10 Å². The van der Waals surface area contributed by atoms with E-state index in [1.807, 2.05) is 18.2 Å². The van der Waals surface area contributed by atoms with Gasteiger partial charge in [-0.15, -0.1) is 0 Å². The minimum atomic E-state index is -0.977. The highest BCUT2D eigenvalue weighted by molar-refractivity contribution is 5.93. The van der Waals surface area contributed by atoms with Crippen molar-refractivity contribution in [3.8, 4) is 0 Å². The Bertz CT molecular complexity index is 820. The summed E-state index contributed by atoms with van der Waals surface area (Å²) >= 11 is 0. The lowest BCUT2D eigenvalue weighted by molar-refractivity contribution is -0.140. The number of aromatic nitrogens is 1. The van der Waals surface area contributed by atoms with E-state index in [1.165, 1.54) is 0 Å². The van der Waals surface area contributed by atoms with Crippen molar-refractivity contribution in [3.05, 3.63) is 58.4 Å². The lowest BCUT2D eigenvalue weighted by atomic mass is 10.1. The third-order valence-corrected chi connectivity index (χ3v) is 5.09. The Morgan fingerprint density at radius 1 is 1.15 bits per heavy atom. The van der Waals surface area contributed by atoms with E-state index in [-0.39, 0.29) is 11.6 Å². The predicted molar refractivity (Wildman–Crippen MR) is 101 cm³/mol. The minimum absolute atomic E-state index is 0.191. The largest absolute Gasteiger partial charge is 0.443 e. The molecule has 27 heavy (non-hydrogen) atoms. The molecule has 1 saturated heterocycles. The van der Waals surface area contributed by atoms with Gasteiger partial charge in [0.1, 0.15) is 5.69 Å². The summed E-state index contributed by atoms with van der Waals surface area (Å²) in [4.78, 5) is 30.6. The molecule has 2 N–H and O–H groups in total. The van der Waals surface area contributed by atoms with Crippen molar-refractivity contribution in [2.75, 3.05) is 13.1 Å². The molecule has 0 saturated carbocycles. The summed E-state index contributed by atoms with van der Waals surface area (Å²) in [6.45, 7) is 6.60. The van der Waals surface area contributed by atoms with E-state index < -0.39 is 18.2 Å². The zero-order chi connectivity index (χ0) is 19.6. The van der Waals surface area contributed by atoms with E-state index in [9.17, 15) is 14.7 Å². The van der Waals surface area contributed by atoms with Gasteiger partial charge in [0.25, 0.3) is 5.91 Å². The fourth-order valence-corrected chi connectivity index (χ4v) is 3.75. The number of carbonyl (C=O) groups is 2. The van der Waals surface area contributed by atoms with Crippen molar-refractivity contribution in [3.63, 3.8) is 0 Å². The topological polar surface area (TPSA) is 82.6 Å². The Labute approximate surface area is 159 Å². The van der Waals surface area contributed by atoms with Gasteiger partial charge in [0, 0.05) is 29.9 Å². The van der Waals surface area contributed by atoms with Crippen LogP contribution in [0.1, 0.15) is 64.8 Å². The van der Waals surface area contributed by atoms with Gasteiger partial charge in [-0.3, -0.25) is 4.79 Å². The van der Waals surface area contributed by atoms with Crippen molar-refractivity contribution >= 4 is 11.9 Å². The molecule has 3 rings (SSSR count). The maximum atomic E-state index is 13.0. The number of carbonyl (C=O) groups excluding carboxylic acids is 2. The molecule has 1 fully saturated rings. The molecule has 1 aromatic heterocycles.